The van der Waals surface area contributed by atoms with Gasteiger partial charge in [-0.3, -0.25) is 0 Å². The minimum atomic E-state index is -3.68. The Morgan fingerprint density at radius 2 is 2.26 bits per heavy atom. The normalized spacial score (nSPS) is 23.7. The number of hydrogen-bond donors (Lipinski definition) is 1. The Labute approximate surface area is 120 Å². The summed E-state index contributed by atoms with van der Waals surface area (Å²) in [5.41, 5.74) is 0. The van der Waals surface area contributed by atoms with Crippen molar-refractivity contribution >= 4 is 26.0 Å². The zero-order valence-corrected chi connectivity index (χ0v) is 12.8. The fraction of sp³-hybridized carbons (Fsp3) is 0.500. The van der Waals surface area contributed by atoms with E-state index in [9.17, 15) is 12.8 Å². The van der Waals surface area contributed by atoms with Gasteiger partial charge in [0.1, 0.15) is 5.82 Å². The lowest BCUT2D eigenvalue weighted by Gasteiger charge is -2.15. The van der Waals surface area contributed by atoms with E-state index in [4.69, 9.17) is 4.74 Å². The fourth-order valence-corrected chi connectivity index (χ4v) is 3.34. The Hall–Kier alpha value is -0.500. The molecule has 4 nitrogen and oxygen atoms in total. The highest BCUT2D eigenvalue weighted by atomic mass is 79.9. The molecule has 0 amide bonds. The first-order chi connectivity index (χ1) is 8.90. The van der Waals surface area contributed by atoms with Crippen molar-refractivity contribution in [3.05, 3.63) is 28.5 Å². The molecule has 0 spiro atoms. The zero-order chi connectivity index (χ0) is 14.0. The van der Waals surface area contributed by atoms with E-state index in [1.807, 2.05) is 6.92 Å². The van der Waals surface area contributed by atoms with Gasteiger partial charge in [-0.1, -0.05) is 0 Å². The molecule has 19 heavy (non-hydrogen) atoms. The number of ether oxygens (including phenoxy) is 1. The minimum Gasteiger partial charge on any atom is -0.378 e. The maximum atomic E-state index is 13.4. The summed E-state index contributed by atoms with van der Waals surface area (Å²) in [6.07, 6.45) is 0.877. The molecule has 106 valence electrons. The maximum Gasteiger partial charge on any atom is 0.240 e. The first kappa shape index (κ1) is 14.9. The van der Waals surface area contributed by atoms with Crippen LogP contribution in [0.1, 0.15) is 13.3 Å². The topological polar surface area (TPSA) is 55.4 Å². The lowest BCUT2D eigenvalue weighted by atomic mass is 10.0. The zero-order valence-electron chi connectivity index (χ0n) is 10.4. The molecule has 7 heteroatoms. The van der Waals surface area contributed by atoms with Crippen LogP contribution >= 0.6 is 15.9 Å². The molecule has 1 N–H and O–H groups in total. The van der Waals surface area contributed by atoms with Gasteiger partial charge < -0.3 is 4.74 Å². The van der Waals surface area contributed by atoms with Crippen LogP contribution in [0.25, 0.3) is 0 Å². The summed E-state index contributed by atoms with van der Waals surface area (Å²) in [4.78, 5) is -0.0697. The Balaban J connectivity index is 2.07. The third-order valence-corrected chi connectivity index (χ3v) is 5.33. The van der Waals surface area contributed by atoms with E-state index < -0.39 is 15.8 Å². The van der Waals surface area contributed by atoms with Crippen LogP contribution in [0.5, 0.6) is 0 Å². The van der Waals surface area contributed by atoms with Crippen LogP contribution in [0, 0.1) is 11.7 Å². The number of nitrogens with one attached hydrogen (secondary N) is 1. The summed E-state index contributed by atoms with van der Waals surface area (Å²) >= 11 is 2.99. The molecule has 1 aromatic rings. The highest BCUT2D eigenvalue weighted by molar-refractivity contribution is 9.10. The largest absolute Gasteiger partial charge is 0.378 e. The van der Waals surface area contributed by atoms with Crippen LogP contribution in [0.15, 0.2) is 27.6 Å². The summed E-state index contributed by atoms with van der Waals surface area (Å²) in [5.74, 6) is -0.435. The Kier molecular flexibility index (Phi) is 4.60. The Morgan fingerprint density at radius 3 is 2.84 bits per heavy atom. The van der Waals surface area contributed by atoms with E-state index in [0.29, 0.717) is 13.2 Å². The summed E-state index contributed by atoms with van der Waals surface area (Å²) < 4.78 is 45.5. The van der Waals surface area contributed by atoms with E-state index in [1.165, 1.54) is 12.1 Å². The highest BCUT2D eigenvalue weighted by Crippen LogP contribution is 2.22. The second-order valence-corrected chi connectivity index (χ2v) is 7.17. The van der Waals surface area contributed by atoms with Crippen molar-refractivity contribution in [1.82, 2.24) is 4.72 Å². The summed E-state index contributed by atoms with van der Waals surface area (Å²) in [7, 11) is -3.68. The molecule has 1 aromatic carbocycles. The second-order valence-electron chi connectivity index (χ2n) is 4.55. The van der Waals surface area contributed by atoms with Gasteiger partial charge >= 0.3 is 0 Å². The molecule has 1 aliphatic heterocycles. The molecule has 0 aliphatic carbocycles. The lowest BCUT2D eigenvalue weighted by molar-refractivity contribution is 0.107. The molecule has 0 aromatic heterocycles. The molecule has 1 saturated heterocycles. The van der Waals surface area contributed by atoms with Gasteiger partial charge in [0, 0.05) is 19.1 Å². The lowest BCUT2D eigenvalue weighted by Crippen LogP contribution is -2.32. The number of rotatable bonds is 4. The third-order valence-electron chi connectivity index (χ3n) is 3.27. The van der Waals surface area contributed by atoms with Crippen molar-refractivity contribution in [2.45, 2.75) is 24.3 Å². The summed E-state index contributed by atoms with van der Waals surface area (Å²) in [6, 6.07) is 3.75. The number of halogens is 2. The van der Waals surface area contributed by atoms with Crippen LogP contribution in [0.3, 0.4) is 0 Å². The van der Waals surface area contributed by atoms with Crippen LogP contribution in [0.4, 0.5) is 4.39 Å². The number of sulfonamides is 1. The van der Waals surface area contributed by atoms with Gasteiger partial charge in [-0.25, -0.2) is 17.5 Å². The van der Waals surface area contributed by atoms with Crippen LogP contribution < -0.4 is 4.72 Å². The van der Waals surface area contributed by atoms with Crippen molar-refractivity contribution in [3.8, 4) is 0 Å². The van der Waals surface area contributed by atoms with E-state index >= 15 is 0 Å². The summed E-state index contributed by atoms with van der Waals surface area (Å²) in [5, 5.41) is 0. The van der Waals surface area contributed by atoms with Gasteiger partial charge in [-0.15, -0.1) is 0 Å². The third kappa shape index (κ3) is 3.53. The van der Waals surface area contributed by atoms with E-state index in [1.54, 1.807) is 0 Å². The standard InChI is InChI=1S/C12H15BrFNO3S/c1-8-9(4-5-18-8)7-15-19(16,17)10-2-3-11(13)12(14)6-10/h2-3,6,8-9,15H,4-5,7H2,1H3. The van der Waals surface area contributed by atoms with E-state index in [0.717, 1.165) is 12.5 Å². The first-order valence-electron chi connectivity index (χ1n) is 5.96. The van der Waals surface area contributed by atoms with Gasteiger partial charge in [0.2, 0.25) is 10.0 Å². The predicted molar refractivity (Wildman–Crippen MR) is 72.8 cm³/mol. The molecule has 0 bridgehead atoms. The molecule has 2 unspecified atom stereocenters. The maximum absolute atomic E-state index is 13.4. The molecule has 0 saturated carbocycles. The van der Waals surface area contributed by atoms with Gasteiger partial charge in [-0.05, 0) is 47.5 Å². The van der Waals surface area contributed by atoms with Gasteiger partial charge in [0.15, 0.2) is 0 Å². The van der Waals surface area contributed by atoms with Crippen molar-refractivity contribution in [2.24, 2.45) is 5.92 Å². The predicted octanol–water partition coefficient (Wildman–Crippen LogP) is 2.29. The SMILES string of the molecule is CC1OCCC1CNS(=O)(=O)c1ccc(Br)c(F)c1. The highest BCUT2D eigenvalue weighted by Gasteiger charge is 2.26. The molecule has 1 fully saturated rings. The molecular formula is C12H15BrFNO3S. The quantitative estimate of drug-likeness (QED) is 0.905. The minimum absolute atomic E-state index is 0.0457. The summed E-state index contributed by atoms with van der Waals surface area (Å²) in [6.45, 7) is 2.88. The van der Waals surface area contributed by atoms with E-state index in [-0.39, 0.29) is 21.4 Å². The molecule has 2 rings (SSSR count). The second kappa shape index (κ2) is 5.87. The first-order valence-corrected chi connectivity index (χ1v) is 8.24. The van der Waals surface area contributed by atoms with Crippen LogP contribution in [-0.4, -0.2) is 27.7 Å². The van der Waals surface area contributed by atoms with Crippen molar-refractivity contribution < 1.29 is 17.5 Å². The average Bonchev–Trinajstić information content (AvgIpc) is 2.76. The fourth-order valence-electron chi connectivity index (χ4n) is 1.99. The van der Waals surface area contributed by atoms with Crippen molar-refractivity contribution in [1.29, 1.82) is 0 Å². The average molecular weight is 352 g/mol. The molecular weight excluding hydrogens is 337 g/mol. The smallest absolute Gasteiger partial charge is 0.240 e. The van der Waals surface area contributed by atoms with Crippen molar-refractivity contribution in [3.63, 3.8) is 0 Å². The van der Waals surface area contributed by atoms with Crippen molar-refractivity contribution in [2.75, 3.05) is 13.2 Å². The van der Waals surface area contributed by atoms with Crippen LogP contribution in [-0.2, 0) is 14.8 Å². The van der Waals surface area contributed by atoms with Gasteiger partial charge in [-0.2, -0.15) is 0 Å². The van der Waals surface area contributed by atoms with Crippen LogP contribution in [0.2, 0.25) is 0 Å². The van der Waals surface area contributed by atoms with Gasteiger partial charge in [0.05, 0.1) is 15.5 Å². The molecule has 0 radical (unpaired) electrons. The molecule has 1 aliphatic rings. The molecule has 1 heterocycles. The van der Waals surface area contributed by atoms with E-state index in [2.05, 4.69) is 20.7 Å². The molecule has 2 atom stereocenters. The number of hydrogen-bond acceptors (Lipinski definition) is 3. The monoisotopic (exact) mass is 351 g/mol. The van der Waals surface area contributed by atoms with Gasteiger partial charge in [0.25, 0.3) is 0 Å². The Bertz CT molecular complexity index is 564. The Morgan fingerprint density at radius 1 is 1.53 bits per heavy atom. The number of benzene rings is 1.